The van der Waals surface area contributed by atoms with Gasteiger partial charge >= 0.3 is 0 Å². The molecule has 0 aliphatic rings. The van der Waals surface area contributed by atoms with Crippen LogP contribution < -0.4 is 10.1 Å². The monoisotopic (exact) mass is 349 g/mol. The summed E-state index contributed by atoms with van der Waals surface area (Å²) in [6, 6.07) is 8.08. The molecule has 0 saturated carbocycles. The van der Waals surface area contributed by atoms with Crippen LogP contribution in [0.2, 0.25) is 0 Å². The maximum absolute atomic E-state index is 5.89. The van der Waals surface area contributed by atoms with Gasteiger partial charge in [-0.25, -0.2) is 4.98 Å². The Morgan fingerprint density at radius 2 is 1.86 bits per heavy atom. The van der Waals surface area contributed by atoms with Crippen LogP contribution in [0.4, 0.5) is 5.82 Å². The number of aryl methyl sites for hydroxylation is 1. The number of hydrogen-bond donors (Lipinski definition) is 1. The molecule has 5 heteroatoms. The highest BCUT2D eigenvalue weighted by molar-refractivity contribution is 9.10. The van der Waals surface area contributed by atoms with Crippen LogP contribution >= 0.6 is 15.9 Å². The summed E-state index contributed by atoms with van der Waals surface area (Å²) in [4.78, 5) is 8.98. The van der Waals surface area contributed by atoms with Gasteiger partial charge in [0.2, 0.25) is 5.88 Å². The van der Waals surface area contributed by atoms with E-state index >= 15 is 0 Å². The number of rotatable bonds is 6. The number of benzene rings is 1. The van der Waals surface area contributed by atoms with Crippen molar-refractivity contribution in [3.63, 3.8) is 0 Å². The molecule has 1 heterocycles. The summed E-state index contributed by atoms with van der Waals surface area (Å²) in [6.07, 6.45) is 0.785. The van der Waals surface area contributed by atoms with Gasteiger partial charge in [0.1, 0.15) is 18.2 Å². The van der Waals surface area contributed by atoms with Crippen molar-refractivity contribution in [1.29, 1.82) is 0 Å². The van der Waals surface area contributed by atoms with E-state index in [1.165, 1.54) is 0 Å². The zero-order chi connectivity index (χ0) is 15.2. The first kappa shape index (κ1) is 15.8. The van der Waals surface area contributed by atoms with Crippen molar-refractivity contribution in [2.45, 2.75) is 33.8 Å². The highest BCUT2D eigenvalue weighted by Crippen LogP contribution is 2.23. The van der Waals surface area contributed by atoms with Gasteiger partial charge in [0.25, 0.3) is 0 Å². The Bertz CT molecular complexity index is 599. The summed E-state index contributed by atoms with van der Waals surface area (Å²) in [5.74, 6) is 2.30. The fourth-order valence-electron chi connectivity index (χ4n) is 1.91. The Balaban J connectivity index is 2.18. The normalized spacial score (nSPS) is 10.5. The minimum Gasteiger partial charge on any atom is -0.472 e. The molecule has 1 aromatic heterocycles. The molecule has 112 valence electrons. The fourth-order valence-corrected chi connectivity index (χ4v) is 2.18. The number of anilines is 1. The molecule has 0 bridgehead atoms. The highest BCUT2D eigenvalue weighted by atomic mass is 79.9. The molecule has 0 atom stereocenters. The minimum absolute atomic E-state index is 0.500. The lowest BCUT2D eigenvalue weighted by Crippen LogP contribution is -2.09. The molecule has 4 nitrogen and oxygen atoms in total. The Morgan fingerprint density at radius 1 is 1.14 bits per heavy atom. The van der Waals surface area contributed by atoms with Gasteiger partial charge in [-0.1, -0.05) is 35.0 Å². The van der Waals surface area contributed by atoms with Gasteiger partial charge < -0.3 is 10.1 Å². The zero-order valence-electron chi connectivity index (χ0n) is 12.6. The van der Waals surface area contributed by atoms with Crippen molar-refractivity contribution < 1.29 is 4.74 Å². The molecule has 1 N–H and O–H groups in total. The van der Waals surface area contributed by atoms with E-state index in [2.05, 4.69) is 38.1 Å². The van der Waals surface area contributed by atoms with Crippen molar-refractivity contribution in [2.24, 2.45) is 0 Å². The summed E-state index contributed by atoms with van der Waals surface area (Å²) >= 11 is 3.43. The van der Waals surface area contributed by atoms with E-state index in [1.54, 1.807) is 0 Å². The predicted molar refractivity (Wildman–Crippen MR) is 88.8 cm³/mol. The maximum atomic E-state index is 5.89. The van der Waals surface area contributed by atoms with Crippen LogP contribution in [-0.2, 0) is 13.0 Å². The van der Waals surface area contributed by atoms with Crippen molar-refractivity contribution in [3.8, 4) is 5.88 Å². The van der Waals surface area contributed by atoms with Crippen molar-refractivity contribution in [3.05, 3.63) is 45.7 Å². The van der Waals surface area contributed by atoms with Crippen LogP contribution in [0.5, 0.6) is 5.88 Å². The lowest BCUT2D eigenvalue weighted by Gasteiger charge is -2.13. The Labute approximate surface area is 134 Å². The van der Waals surface area contributed by atoms with Crippen molar-refractivity contribution >= 4 is 21.7 Å². The smallest absolute Gasteiger partial charge is 0.222 e. The Kier molecular flexibility index (Phi) is 5.56. The molecule has 0 fully saturated rings. The molecule has 0 spiro atoms. The number of ether oxygens (including phenoxy) is 1. The predicted octanol–water partition coefficient (Wildman–Crippen LogP) is 4.12. The largest absolute Gasteiger partial charge is 0.472 e. The van der Waals surface area contributed by atoms with Gasteiger partial charge in [-0.3, -0.25) is 0 Å². The number of hydrogen-bond acceptors (Lipinski definition) is 4. The van der Waals surface area contributed by atoms with E-state index < -0.39 is 0 Å². The van der Waals surface area contributed by atoms with Crippen molar-refractivity contribution in [1.82, 2.24) is 9.97 Å². The zero-order valence-corrected chi connectivity index (χ0v) is 14.2. The third kappa shape index (κ3) is 4.17. The number of halogens is 1. The quantitative estimate of drug-likeness (QED) is 0.851. The second-order valence-electron chi connectivity index (χ2n) is 4.72. The molecule has 0 amide bonds. The van der Waals surface area contributed by atoms with Crippen LogP contribution in [0, 0.1) is 6.92 Å². The summed E-state index contributed by atoms with van der Waals surface area (Å²) in [7, 11) is 0. The van der Waals surface area contributed by atoms with E-state index in [0.717, 1.165) is 40.2 Å². The summed E-state index contributed by atoms with van der Waals surface area (Å²) < 4.78 is 6.95. The molecule has 21 heavy (non-hydrogen) atoms. The molecule has 0 saturated heterocycles. The molecule has 0 aliphatic carbocycles. The summed E-state index contributed by atoms with van der Waals surface area (Å²) in [5.41, 5.74) is 2.06. The Hall–Kier alpha value is -1.62. The third-order valence-electron chi connectivity index (χ3n) is 3.10. The Morgan fingerprint density at radius 3 is 2.48 bits per heavy atom. The molecule has 0 radical (unpaired) electrons. The van der Waals surface area contributed by atoms with Crippen LogP contribution in [0.3, 0.4) is 0 Å². The molecule has 0 aliphatic heterocycles. The van der Waals surface area contributed by atoms with Gasteiger partial charge in [0.05, 0.1) is 5.56 Å². The van der Waals surface area contributed by atoms with Gasteiger partial charge in [-0.2, -0.15) is 4.98 Å². The molecule has 0 unspecified atom stereocenters. The second kappa shape index (κ2) is 7.41. The average molecular weight is 350 g/mol. The first-order chi connectivity index (χ1) is 10.1. The second-order valence-corrected chi connectivity index (χ2v) is 5.63. The number of nitrogens with one attached hydrogen (secondary N) is 1. The SMILES string of the molecule is CCNc1nc(CC)nc(OCc2ccc(Br)cc2)c1C. The lowest BCUT2D eigenvalue weighted by molar-refractivity contribution is 0.290. The molecule has 1 aromatic carbocycles. The minimum atomic E-state index is 0.500. The number of nitrogens with zero attached hydrogens (tertiary/aromatic N) is 2. The van der Waals surface area contributed by atoms with E-state index in [4.69, 9.17) is 4.74 Å². The van der Waals surface area contributed by atoms with Crippen molar-refractivity contribution in [2.75, 3.05) is 11.9 Å². The topological polar surface area (TPSA) is 47.0 Å². The standard InChI is InChI=1S/C16H20BrN3O/c1-4-14-19-15(18-5-2)11(3)16(20-14)21-10-12-6-8-13(17)9-7-12/h6-9H,4-5,10H2,1-3H3,(H,18,19,20). The maximum Gasteiger partial charge on any atom is 0.222 e. The first-order valence-electron chi connectivity index (χ1n) is 7.12. The van der Waals surface area contributed by atoms with Gasteiger partial charge in [0.15, 0.2) is 0 Å². The first-order valence-corrected chi connectivity index (χ1v) is 7.92. The average Bonchev–Trinajstić information content (AvgIpc) is 2.50. The molecular formula is C16H20BrN3O. The number of aromatic nitrogens is 2. The van der Waals surface area contributed by atoms with E-state index in [0.29, 0.717) is 12.5 Å². The van der Waals surface area contributed by atoms with Crippen LogP contribution in [0.25, 0.3) is 0 Å². The summed E-state index contributed by atoms with van der Waals surface area (Å²) in [5, 5.41) is 3.26. The molecule has 2 aromatic rings. The van der Waals surface area contributed by atoms with Crippen LogP contribution in [0.1, 0.15) is 30.8 Å². The fraction of sp³-hybridized carbons (Fsp3) is 0.375. The van der Waals surface area contributed by atoms with E-state index in [9.17, 15) is 0 Å². The highest BCUT2D eigenvalue weighted by Gasteiger charge is 2.11. The summed E-state index contributed by atoms with van der Waals surface area (Å²) in [6.45, 7) is 7.40. The van der Waals surface area contributed by atoms with E-state index in [-0.39, 0.29) is 0 Å². The third-order valence-corrected chi connectivity index (χ3v) is 3.63. The molecule has 2 rings (SSSR count). The molecular weight excluding hydrogens is 330 g/mol. The van der Waals surface area contributed by atoms with E-state index in [1.807, 2.05) is 38.1 Å². The van der Waals surface area contributed by atoms with Crippen LogP contribution in [0.15, 0.2) is 28.7 Å². The van der Waals surface area contributed by atoms with Gasteiger partial charge in [-0.05, 0) is 31.5 Å². The lowest BCUT2D eigenvalue weighted by atomic mass is 10.2. The van der Waals surface area contributed by atoms with Gasteiger partial charge in [-0.15, -0.1) is 0 Å². The van der Waals surface area contributed by atoms with Gasteiger partial charge in [0, 0.05) is 17.4 Å². The van der Waals surface area contributed by atoms with Crippen LogP contribution in [-0.4, -0.2) is 16.5 Å².